The molecular weight excluding hydrogens is 236 g/mol. The molecular formula is C15H22N4. The zero-order valence-corrected chi connectivity index (χ0v) is 12.1. The van der Waals surface area contributed by atoms with Crippen LogP contribution in [-0.2, 0) is 13.1 Å². The summed E-state index contributed by atoms with van der Waals surface area (Å²) in [5.41, 5.74) is 4.79. The summed E-state index contributed by atoms with van der Waals surface area (Å²) in [6.45, 7) is 5.92. The van der Waals surface area contributed by atoms with Crippen molar-refractivity contribution in [2.24, 2.45) is 0 Å². The predicted octanol–water partition coefficient (Wildman–Crippen LogP) is 2.89. The third kappa shape index (κ3) is 3.08. The monoisotopic (exact) mass is 258 g/mol. The Kier molecular flexibility index (Phi) is 4.10. The van der Waals surface area contributed by atoms with Crippen LogP contribution in [0.2, 0.25) is 0 Å². The van der Waals surface area contributed by atoms with Crippen LogP contribution in [-0.4, -0.2) is 23.9 Å². The van der Waals surface area contributed by atoms with E-state index in [1.807, 2.05) is 10.9 Å². The quantitative estimate of drug-likeness (QED) is 0.895. The molecule has 1 heterocycles. The van der Waals surface area contributed by atoms with Gasteiger partial charge in [-0.1, -0.05) is 12.1 Å². The molecule has 4 nitrogen and oxygen atoms in total. The molecule has 0 aliphatic rings. The van der Waals surface area contributed by atoms with E-state index in [-0.39, 0.29) is 0 Å². The van der Waals surface area contributed by atoms with Crippen molar-refractivity contribution in [1.29, 1.82) is 0 Å². The highest BCUT2D eigenvalue weighted by Gasteiger charge is 2.04. The topological polar surface area (TPSA) is 33.1 Å². The van der Waals surface area contributed by atoms with Gasteiger partial charge < -0.3 is 10.2 Å². The van der Waals surface area contributed by atoms with E-state index in [4.69, 9.17) is 0 Å². The van der Waals surface area contributed by atoms with Crippen LogP contribution in [0.3, 0.4) is 0 Å². The highest BCUT2D eigenvalue weighted by Crippen LogP contribution is 2.16. The number of nitrogens with zero attached hydrogens (tertiary/aromatic N) is 3. The van der Waals surface area contributed by atoms with E-state index in [1.54, 1.807) is 0 Å². The molecule has 0 aliphatic heterocycles. The second-order valence-electron chi connectivity index (χ2n) is 4.87. The summed E-state index contributed by atoms with van der Waals surface area (Å²) >= 11 is 0. The van der Waals surface area contributed by atoms with Crippen molar-refractivity contribution < 1.29 is 0 Å². The van der Waals surface area contributed by atoms with Gasteiger partial charge in [0.1, 0.15) is 0 Å². The lowest BCUT2D eigenvalue weighted by Crippen LogP contribution is -2.08. The fourth-order valence-electron chi connectivity index (χ4n) is 2.05. The standard InChI is InChI=1S/C15H22N4/c1-5-19-12(2)15(11-17-19)16-10-13-6-8-14(9-7-13)18(3)4/h6-9,11,16H,5,10H2,1-4H3. The molecule has 102 valence electrons. The fourth-order valence-corrected chi connectivity index (χ4v) is 2.05. The SMILES string of the molecule is CCn1ncc(NCc2ccc(N(C)C)cc2)c1C. The van der Waals surface area contributed by atoms with Crippen molar-refractivity contribution >= 4 is 11.4 Å². The lowest BCUT2D eigenvalue weighted by molar-refractivity contribution is 0.640. The molecule has 0 radical (unpaired) electrons. The molecule has 0 atom stereocenters. The summed E-state index contributed by atoms with van der Waals surface area (Å²) in [7, 11) is 4.10. The van der Waals surface area contributed by atoms with E-state index < -0.39 is 0 Å². The largest absolute Gasteiger partial charge is 0.378 e. The molecule has 2 rings (SSSR count). The average Bonchev–Trinajstić information content (AvgIpc) is 2.77. The first-order valence-corrected chi connectivity index (χ1v) is 6.64. The molecule has 0 spiro atoms. The molecule has 0 saturated carbocycles. The van der Waals surface area contributed by atoms with Gasteiger partial charge in [-0.05, 0) is 31.5 Å². The smallest absolute Gasteiger partial charge is 0.0758 e. The van der Waals surface area contributed by atoms with Crippen molar-refractivity contribution in [1.82, 2.24) is 9.78 Å². The maximum Gasteiger partial charge on any atom is 0.0758 e. The Labute approximate surface area is 115 Å². The Bertz CT molecular complexity index is 526. The van der Waals surface area contributed by atoms with Crippen LogP contribution in [0.1, 0.15) is 18.2 Å². The van der Waals surface area contributed by atoms with E-state index in [0.29, 0.717) is 0 Å². The van der Waals surface area contributed by atoms with E-state index in [9.17, 15) is 0 Å². The van der Waals surface area contributed by atoms with Gasteiger partial charge in [0, 0.05) is 32.9 Å². The molecule has 1 N–H and O–H groups in total. The molecule has 0 unspecified atom stereocenters. The maximum absolute atomic E-state index is 4.33. The highest BCUT2D eigenvalue weighted by atomic mass is 15.3. The van der Waals surface area contributed by atoms with Gasteiger partial charge in [-0.15, -0.1) is 0 Å². The first-order chi connectivity index (χ1) is 9.11. The van der Waals surface area contributed by atoms with Crippen molar-refractivity contribution in [2.45, 2.75) is 26.9 Å². The minimum Gasteiger partial charge on any atom is -0.378 e. The third-order valence-corrected chi connectivity index (χ3v) is 3.34. The number of anilines is 2. The van der Waals surface area contributed by atoms with Crippen molar-refractivity contribution in [3.8, 4) is 0 Å². The summed E-state index contributed by atoms with van der Waals surface area (Å²) in [6, 6.07) is 8.59. The summed E-state index contributed by atoms with van der Waals surface area (Å²) in [4.78, 5) is 2.10. The van der Waals surface area contributed by atoms with Gasteiger partial charge in [-0.3, -0.25) is 4.68 Å². The molecule has 0 aliphatic carbocycles. The number of rotatable bonds is 5. The van der Waals surface area contributed by atoms with E-state index in [2.05, 4.69) is 67.5 Å². The highest BCUT2D eigenvalue weighted by molar-refractivity contribution is 5.49. The van der Waals surface area contributed by atoms with Gasteiger partial charge in [0.15, 0.2) is 0 Å². The second-order valence-corrected chi connectivity index (χ2v) is 4.87. The van der Waals surface area contributed by atoms with Crippen LogP contribution in [0.5, 0.6) is 0 Å². The number of aryl methyl sites for hydroxylation is 1. The molecule has 2 aromatic rings. The van der Waals surface area contributed by atoms with Gasteiger partial charge in [-0.25, -0.2) is 0 Å². The molecule has 1 aromatic heterocycles. The first-order valence-electron chi connectivity index (χ1n) is 6.64. The first kappa shape index (κ1) is 13.5. The molecule has 19 heavy (non-hydrogen) atoms. The van der Waals surface area contributed by atoms with Crippen LogP contribution >= 0.6 is 0 Å². The van der Waals surface area contributed by atoms with Crippen LogP contribution in [0.25, 0.3) is 0 Å². The molecule has 0 fully saturated rings. The number of hydrogen-bond donors (Lipinski definition) is 1. The normalized spacial score (nSPS) is 10.5. The van der Waals surface area contributed by atoms with E-state index in [0.717, 1.165) is 18.8 Å². The Morgan fingerprint density at radius 1 is 1.21 bits per heavy atom. The van der Waals surface area contributed by atoms with Gasteiger partial charge in [0.2, 0.25) is 0 Å². The number of nitrogens with one attached hydrogen (secondary N) is 1. The van der Waals surface area contributed by atoms with Gasteiger partial charge >= 0.3 is 0 Å². The zero-order valence-electron chi connectivity index (χ0n) is 12.1. The zero-order chi connectivity index (χ0) is 13.8. The Morgan fingerprint density at radius 2 is 1.89 bits per heavy atom. The average molecular weight is 258 g/mol. The maximum atomic E-state index is 4.33. The van der Waals surface area contributed by atoms with E-state index in [1.165, 1.54) is 16.9 Å². The molecule has 0 amide bonds. The summed E-state index contributed by atoms with van der Waals surface area (Å²) in [5.74, 6) is 0. The Morgan fingerprint density at radius 3 is 2.42 bits per heavy atom. The van der Waals surface area contributed by atoms with Gasteiger partial charge in [0.05, 0.1) is 17.6 Å². The predicted molar refractivity (Wildman–Crippen MR) is 80.7 cm³/mol. The number of benzene rings is 1. The van der Waals surface area contributed by atoms with Crippen molar-refractivity contribution in [3.63, 3.8) is 0 Å². The fraction of sp³-hybridized carbons (Fsp3) is 0.400. The number of aromatic nitrogens is 2. The van der Waals surface area contributed by atoms with Gasteiger partial charge in [-0.2, -0.15) is 5.10 Å². The summed E-state index contributed by atoms with van der Waals surface area (Å²) in [5, 5.41) is 7.77. The van der Waals surface area contributed by atoms with E-state index >= 15 is 0 Å². The van der Waals surface area contributed by atoms with Crippen molar-refractivity contribution in [3.05, 3.63) is 41.7 Å². The Balaban J connectivity index is 2.00. The van der Waals surface area contributed by atoms with Crippen LogP contribution < -0.4 is 10.2 Å². The second kappa shape index (κ2) is 5.78. The minimum atomic E-state index is 0.823. The molecule has 4 heteroatoms. The van der Waals surface area contributed by atoms with Crippen LogP contribution in [0.15, 0.2) is 30.5 Å². The van der Waals surface area contributed by atoms with Crippen LogP contribution in [0, 0.1) is 6.92 Å². The molecule has 0 saturated heterocycles. The Hall–Kier alpha value is -1.97. The van der Waals surface area contributed by atoms with Crippen LogP contribution in [0.4, 0.5) is 11.4 Å². The van der Waals surface area contributed by atoms with Crippen molar-refractivity contribution in [2.75, 3.05) is 24.3 Å². The number of hydrogen-bond acceptors (Lipinski definition) is 3. The van der Waals surface area contributed by atoms with Gasteiger partial charge in [0.25, 0.3) is 0 Å². The molecule has 0 bridgehead atoms. The summed E-state index contributed by atoms with van der Waals surface area (Å²) < 4.78 is 2.00. The summed E-state index contributed by atoms with van der Waals surface area (Å²) in [6.07, 6.45) is 1.90. The third-order valence-electron chi connectivity index (χ3n) is 3.34. The molecule has 1 aromatic carbocycles. The lowest BCUT2D eigenvalue weighted by Gasteiger charge is -2.13. The minimum absolute atomic E-state index is 0.823. The lowest BCUT2D eigenvalue weighted by atomic mass is 10.2.